The van der Waals surface area contributed by atoms with E-state index in [1.807, 2.05) is 11.8 Å². The summed E-state index contributed by atoms with van der Waals surface area (Å²) < 4.78 is 0. The molecule has 1 unspecified atom stereocenters. The summed E-state index contributed by atoms with van der Waals surface area (Å²) >= 11 is 1.88. The molecule has 108 valence electrons. The van der Waals surface area contributed by atoms with Crippen LogP contribution < -0.4 is 0 Å². The molecule has 1 saturated carbocycles. The van der Waals surface area contributed by atoms with Crippen LogP contribution in [-0.4, -0.2) is 40.1 Å². The Kier molecular flexibility index (Phi) is 4.32. The topological polar surface area (TPSA) is 40.5 Å². The van der Waals surface area contributed by atoms with Crippen LogP contribution in [0.25, 0.3) is 0 Å². The summed E-state index contributed by atoms with van der Waals surface area (Å²) in [7, 11) is 0. The summed E-state index contributed by atoms with van der Waals surface area (Å²) in [5.74, 6) is 2.13. The van der Waals surface area contributed by atoms with E-state index >= 15 is 0 Å². The Bertz CT molecular complexity index is 487. The Hall–Kier alpha value is -1.00. The zero-order chi connectivity index (χ0) is 13.9. The van der Waals surface area contributed by atoms with Gasteiger partial charge in [-0.1, -0.05) is 24.3 Å². The van der Waals surface area contributed by atoms with Crippen LogP contribution in [-0.2, 0) is 11.3 Å². The van der Waals surface area contributed by atoms with E-state index in [0.29, 0.717) is 0 Å². The van der Waals surface area contributed by atoms with Gasteiger partial charge in [0.15, 0.2) is 0 Å². The molecule has 20 heavy (non-hydrogen) atoms. The quantitative estimate of drug-likeness (QED) is 0.905. The van der Waals surface area contributed by atoms with E-state index in [4.69, 9.17) is 5.11 Å². The second-order valence-corrected chi connectivity index (χ2v) is 6.92. The highest BCUT2D eigenvalue weighted by molar-refractivity contribution is 7.99. The second-order valence-electron chi connectivity index (χ2n) is 5.77. The second kappa shape index (κ2) is 6.19. The summed E-state index contributed by atoms with van der Waals surface area (Å²) in [5, 5.41) is 9.07. The van der Waals surface area contributed by atoms with Crippen LogP contribution in [0, 0.1) is 0 Å². The van der Waals surface area contributed by atoms with E-state index in [-0.39, 0.29) is 12.5 Å². The van der Waals surface area contributed by atoms with Crippen molar-refractivity contribution in [3.63, 3.8) is 0 Å². The highest BCUT2D eigenvalue weighted by atomic mass is 32.2. The van der Waals surface area contributed by atoms with Crippen molar-refractivity contribution < 1.29 is 9.90 Å². The van der Waals surface area contributed by atoms with E-state index in [0.717, 1.165) is 30.5 Å². The molecule has 0 amide bonds. The first-order valence-corrected chi connectivity index (χ1v) is 8.51. The Morgan fingerprint density at radius 1 is 1.35 bits per heavy atom. The van der Waals surface area contributed by atoms with Crippen LogP contribution in [0.1, 0.15) is 36.3 Å². The maximum absolute atomic E-state index is 11.0. The summed E-state index contributed by atoms with van der Waals surface area (Å²) in [5.41, 5.74) is 2.89. The molecular formula is C16H21NO2S. The maximum Gasteiger partial charge on any atom is 0.304 e. The molecule has 1 saturated heterocycles. The first-order chi connectivity index (χ1) is 9.74. The van der Waals surface area contributed by atoms with Gasteiger partial charge in [0.05, 0.1) is 6.42 Å². The third kappa shape index (κ3) is 3.36. The molecule has 0 spiro atoms. The van der Waals surface area contributed by atoms with Crippen LogP contribution >= 0.6 is 11.8 Å². The number of nitrogens with zero attached hydrogens (tertiary/aromatic N) is 1. The number of carbonyl (C=O) groups is 1. The van der Waals surface area contributed by atoms with Crippen LogP contribution in [0.2, 0.25) is 0 Å². The average Bonchev–Trinajstić information content (AvgIpc) is 3.25. The molecule has 4 heteroatoms. The zero-order valence-corrected chi connectivity index (χ0v) is 12.4. The number of hydrogen-bond donors (Lipinski definition) is 1. The summed E-state index contributed by atoms with van der Waals surface area (Å²) in [6, 6.07) is 8.87. The van der Waals surface area contributed by atoms with Gasteiger partial charge in [0, 0.05) is 30.6 Å². The molecule has 1 atom stereocenters. The van der Waals surface area contributed by atoms with Gasteiger partial charge in [0.2, 0.25) is 0 Å². The average molecular weight is 291 g/mol. The summed E-state index contributed by atoms with van der Waals surface area (Å²) in [4.78, 5) is 13.4. The lowest BCUT2D eigenvalue weighted by molar-refractivity contribution is -0.138. The monoisotopic (exact) mass is 291 g/mol. The van der Waals surface area contributed by atoms with E-state index in [2.05, 4.69) is 29.2 Å². The molecule has 0 aromatic heterocycles. The molecule has 1 N–H and O–H groups in total. The highest BCUT2D eigenvalue weighted by Gasteiger charge is 2.29. The summed E-state index contributed by atoms with van der Waals surface area (Å²) in [6.07, 6.45) is 2.88. The Balaban J connectivity index is 1.73. The van der Waals surface area contributed by atoms with E-state index in [1.54, 1.807) is 0 Å². The molecule has 3 nitrogen and oxygen atoms in total. The number of carboxylic acid groups (broad SMARTS) is 1. The molecule has 0 radical (unpaired) electrons. The molecular weight excluding hydrogens is 270 g/mol. The van der Waals surface area contributed by atoms with Gasteiger partial charge in [-0.25, -0.2) is 0 Å². The minimum Gasteiger partial charge on any atom is -0.481 e. The van der Waals surface area contributed by atoms with Crippen molar-refractivity contribution in [1.82, 2.24) is 4.90 Å². The van der Waals surface area contributed by atoms with Gasteiger partial charge in [-0.2, -0.15) is 11.8 Å². The van der Waals surface area contributed by atoms with Gasteiger partial charge in [-0.05, 0) is 29.9 Å². The third-order valence-corrected chi connectivity index (χ3v) is 5.30. The largest absolute Gasteiger partial charge is 0.481 e. The predicted molar refractivity (Wildman–Crippen MR) is 82.2 cm³/mol. The van der Waals surface area contributed by atoms with Crippen molar-refractivity contribution in [2.45, 2.75) is 37.8 Å². The van der Waals surface area contributed by atoms with Crippen LogP contribution in [0.4, 0.5) is 0 Å². The molecule has 1 aromatic rings. The fraction of sp³-hybridized carbons (Fsp3) is 0.562. The Morgan fingerprint density at radius 2 is 2.15 bits per heavy atom. The van der Waals surface area contributed by atoms with Gasteiger partial charge in [0.1, 0.15) is 0 Å². The van der Waals surface area contributed by atoms with E-state index < -0.39 is 5.97 Å². The SMILES string of the molecule is O=C(O)CC1CSCCN1Cc1ccccc1C1CC1. The van der Waals surface area contributed by atoms with Crippen molar-refractivity contribution in [2.75, 3.05) is 18.1 Å². The van der Waals surface area contributed by atoms with E-state index in [1.165, 1.54) is 24.0 Å². The van der Waals surface area contributed by atoms with Gasteiger partial charge in [-0.15, -0.1) is 0 Å². The number of benzene rings is 1. The first kappa shape index (κ1) is 14.0. The molecule has 2 fully saturated rings. The number of rotatable bonds is 5. The third-order valence-electron chi connectivity index (χ3n) is 4.21. The number of aliphatic carboxylic acids is 1. The number of thioether (sulfide) groups is 1. The van der Waals surface area contributed by atoms with Crippen LogP contribution in [0.15, 0.2) is 24.3 Å². The Labute approximate surface area is 124 Å². The number of hydrogen-bond acceptors (Lipinski definition) is 3. The van der Waals surface area contributed by atoms with Gasteiger partial charge in [-0.3, -0.25) is 9.69 Å². The van der Waals surface area contributed by atoms with Gasteiger partial charge in [0.25, 0.3) is 0 Å². The molecule has 3 rings (SSSR count). The molecule has 1 aliphatic carbocycles. The lowest BCUT2D eigenvalue weighted by atomic mass is 10.0. The minimum absolute atomic E-state index is 0.179. The zero-order valence-electron chi connectivity index (χ0n) is 11.6. The minimum atomic E-state index is -0.682. The van der Waals surface area contributed by atoms with Gasteiger partial charge >= 0.3 is 5.97 Å². The van der Waals surface area contributed by atoms with Crippen molar-refractivity contribution in [2.24, 2.45) is 0 Å². The predicted octanol–water partition coefficient (Wildman–Crippen LogP) is 2.96. The standard InChI is InChI=1S/C16H21NO2S/c18-16(19)9-14-11-20-8-7-17(14)10-13-3-1-2-4-15(13)12-5-6-12/h1-4,12,14H,5-11H2,(H,18,19). The highest BCUT2D eigenvalue weighted by Crippen LogP contribution is 2.42. The molecule has 1 heterocycles. The van der Waals surface area contributed by atoms with E-state index in [9.17, 15) is 4.79 Å². The fourth-order valence-corrected chi connectivity index (χ4v) is 4.11. The molecule has 2 aliphatic rings. The molecule has 1 aliphatic heterocycles. The van der Waals surface area contributed by atoms with Crippen molar-refractivity contribution in [3.05, 3.63) is 35.4 Å². The number of carboxylic acids is 1. The maximum atomic E-state index is 11.0. The smallest absolute Gasteiger partial charge is 0.304 e. The summed E-state index contributed by atoms with van der Waals surface area (Å²) in [6.45, 7) is 1.91. The van der Waals surface area contributed by atoms with Crippen molar-refractivity contribution in [3.8, 4) is 0 Å². The Morgan fingerprint density at radius 3 is 2.90 bits per heavy atom. The normalized spacial score (nSPS) is 23.7. The molecule has 0 bridgehead atoms. The van der Waals surface area contributed by atoms with Gasteiger partial charge < -0.3 is 5.11 Å². The van der Waals surface area contributed by atoms with Crippen molar-refractivity contribution >= 4 is 17.7 Å². The fourth-order valence-electron chi connectivity index (χ4n) is 2.98. The van der Waals surface area contributed by atoms with Crippen molar-refractivity contribution in [1.29, 1.82) is 0 Å². The first-order valence-electron chi connectivity index (χ1n) is 7.35. The van der Waals surface area contributed by atoms with Crippen LogP contribution in [0.3, 0.4) is 0 Å². The lowest BCUT2D eigenvalue weighted by Gasteiger charge is -2.35. The van der Waals surface area contributed by atoms with Crippen LogP contribution in [0.5, 0.6) is 0 Å². The molecule has 1 aromatic carbocycles. The lowest BCUT2D eigenvalue weighted by Crippen LogP contribution is -2.43.